The van der Waals surface area contributed by atoms with Gasteiger partial charge in [0, 0.05) is 0 Å². The van der Waals surface area contributed by atoms with Gasteiger partial charge in [0.15, 0.2) is 14.6 Å². The van der Waals surface area contributed by atoms with Gasteiger partial charge < -0.3 is 4.43 Å². The van der Waals surface area contributed by atoms with Gasteiger partial charge in [-0.05, 0) is 32.5 Å². The molecule has 62 valence electrons. The Morgan fingerprint density at radius 2 is 2.00 bits per heavy atom. The van der Waals surface area contributed by atoms with Gasteiger partial charge in [0.1, 0.15) is 6.10 Å². The van der Waals surface area contributed by atoms with Crippen LogP contribution in [0.2, 0.25) is 19.6 Å². The summed E-state index contributed by atoms with van der Waals surface area (Å²) < 4.78 is 5.55. The second kappa shape index (κ2) is 4.32. The van der Waals surface area contributed by atoms with E-state index in [1.807, 2.05) is 6.92 Å². The van der Waals surface area contributed by atoms with E-state index in [1.165, 1.54) is 0 Å². The lowest BCUT2D eigenvalue weighted by Gasteiger charge is -2.19. The number of rotatable bonds is 2. The van der Waals surface area contributed by atoms with Gasteiger partial charge in [0.2, 0.25) is 0 Å². The maximum absolute atomic E-state index is 9.86. The molecule has 3 heteroatoms. The standard InChI is InChI=1S/C8H14O2Si/c1-8(6-5-7-9)10-11(2,3)4/h7-8H,1-4H3. The van der Waals surface area contributed by atoms with E-state index >= 15 is 0 Å². The first-order valence-corrected chi connectivity index (χ1v) is 6.99. The lowest BCUT2D eigenvalue weighted by atomic mass is 10.4. The second-order valence-corrected chi connectivity index (χ2v) is 7.74. The lowest BCUT2D eigenvalue weighted by molar-refractivity contribution is -0.103. The van der Waals surface area contributed by atoms with E-state index in [-0.39, 0.29) is 6.10 Å². The monoisotopic (exact) mass is 170 g/mol. The molecular formula is C8H14O2Si. The quantitative estimate of drug-likeness (QED) is 0.356. The van der Waals surface area contributed by atoms with Crippen LogP contribution in [0.3, 0.4) is 0 Å². The van der Waals surface area contributed by atoms with E-state index in [9.17, 15) is 4.79 Å². The van der Waals surface area contributed by atoms with Crippen molar-refractivity contribution in [1.82, 2.24) is 0 Å². The smallest absolute Gasteiger partial charge is 0.192 e. The van der Waals surface area contributed by atoms with Crippen molar-refractivity contribution >= 4 is 14.6 Å². The zero-order chi connectivity index (χ0) is 8.91. The highest BCUT2D eigenvalue weighted by Gasteiger charge is 2.16. The molecule has 0 N–H and O–H groups in total. The molecule has 0 saturated carbocycles. The predicted molar refractivity (Wildman–Crippen MR) is 47.7 cm³/mol. The van der Waals surface area contributed by atoms with E-state index in [0.29, 0.717) is 6.29 Å². The Kier molecular flexibility index (Phi) is 4.09. The molecule has 0 aliphatic carbocycles. The van der Waals surface area contributed by atoms with Gasteiger partial charge in [-0.15, -0.1) is 0 Å². The van der Waals surface area contributed by atoms with Gasteiger partial charge in [0.25, 0.3) is 0 Å². The molecule has 2 nitrogen and oxygen atoms in total. The summed E-state index contributed by atoms with van der Waals surface area (Å²) in [7, 11) is -1.49. The molecule has 1 unspecified atom stereocenters. The molecule has 0 aromatic rings. The van der Waals surface area contributed by atoms with Crippen molar-refractivity contribution in [1.29, 1.82) is 0 Å². The average Bonchev–Trinajstić information content (AvgIpc) is 1.79. The Labute approximate surface area is 69.1 Å². The molecule has 0 heterocycles. The third-order valence-corrected chi connectivity index (χ3v) is 1.94. The van der Waals surface area contributed by atoms with Crippen molar-refractivity contribution in [3.8, 4) is 11.8 Å². The number of hydrogen-bond acceptors (Lipinski definition) is 2. The Hall–Kier alpha value is -0.593. The predicted octanol–water partition coefficient (Wildman–Crippen LogP) is 1.43. The van der Waals surface area contributed by atoms with Gasteiger partial charge in [-0.2, -0.15) is 0 Å². The summed E-state index contributed by atoms with van der Waals surface area (Å²) in [6, 6.07) is 0. The molecule has 0 aliphatic heterocycles. The summed E-state index contributed by atoms with van der Waals surface area (Å²) in [6.07, 6.45) is 0.469. The van der Waals surface area contributed by atoms with Crippen LogP contribution in [0.1, 0.15) is 6.92 Å². The minimum absolute atomic E-state index is 0.119. The minimum atomic E-state index is -1.49. The molecule has 0 aliphatic rings. The lowest BCUT2D eigenvalue weighted by Crippen LogP contribution is -2.29. The van der Waals surface area contributed by atoms with E-state index in [0.717, 1.165) is 0 Å². The molecule has 0 fully saturated rings. The van der Waals surface area contributed by atoms with E-state index in [1.54, 1.807) is 0 Å². The first-order chi connectivity index (χ1) is 4.95. The molecule has 0 bridgehead atoms. The molecule has 0 radical (unpaired) electrons. The first-order valence-electron chi connectivity index (χ1n) is 3.58. The van der Waals surface area contributed by atoms with E-state index in [4.69, 9.17) is 4.43 Å². The molecule has 0 spiro atoms. The van der Waals surface area contributed by atoms with Gasteiger partial charge in [-0.3, -0.25) is 4.79 Å². The van der Waals surface area contributed by atoms with Crippen molar-refractivity contribution in [2.24, 2.45) is 0 Å². The van der Waals surface area contributed by atoms with E-state index < -0.39 is 8.32 Å². The van der Waals surface area contributed by atoms with Crippen LogP contribution in [0, 0.1) is 11.8 Å². The molecule has 0 rings (SSSR count). The van der Waals surface area contributed by atoms with Crippen molar-refractivity contribution in [2.75, 3.05) is 0 Å². The maximum Gasteiger partial charge on any atom is 0.192 e. The van der Waals surface area contributed by atoms with Crippen LogP contribution in [-0.4, -0.2) is 20.7 Å². The molecule has 11 heavy (non-hydrogen) atoms. The van der Waals surface area contributed by atoms with Crippen LogP contribution in [0.4, 0.5) is 0 Å². The summed E-state index contributed by atoms with van der Waals surface area (Å²) in [5, 5.41) is 0. The number of carbonyl (C=O) groups is 1. The molecule has 1 atom stereocenters. The number of aldehydes is 1. The average molecular weight is 170 g/mol. The summed E-state index contributed by atoms with van der Waals surface area (Å²) in [6.45, 7) is 8.12. The first kappa shape index (κ1) is 10.4. The topological polar surface area (TPSA) is 26.3 Å². The van der Waals surface area contributed by atoms with Crippen molar-refractivity contribution in [3.63, 3.8) is 0 Å². The van der Waals surface area contributed by atoms with Gasteiger partial charge >= 0.3 is 0 Å². The molecule has 0 amide bonds. The van der Waals surface area contributed by atoms with E-state index in [2.05, 4.69) is 31.5 Å². The Morgan fingerprint density at radius 3 is 2.36 bits per heavy atom. The van der Waals surface area contributed by atoms with Crippen molar-refractivity contribution < 1.29 is 9.22 Å². The van der Waals surface area contributed by atoms with Crippen LogP contribution < -0.4 is 0 Å². The fourth-order valence-electron chi connectivity index (χ4n) is 0.711. The summed E-state index contributed by atoms with van der Waals surface area (Å²) in [5.41, 5.74) is 0. The van der Waals surface area contributed by atoms with Crippen LogP contribution in [0.25, 0.3) is 0 Å². The summed E-state index contributed by atoms with van der Waals surface area (Å²) in [5.74, 6) is 5.02. The highest BCUT2D eigenvalue weighted by molar-refractivity contribution is 6.69. The fourth-order valence-corrected chi connectivity index (χ4v) is 1.83. The number of hydrogen-bond donors (Lipinski definition) is 0. The molecule has 0 aromatic heterocycles. The highest BCUT2D eigenvalue weighted by atomic mass is 28.4. The zero-order valence-electron chi connectivity index (χ0n) is 7.47. The third kappa shape index (κ3) is 7.30. The van der Waals surface area contributed by atoms with Gasteiger partial charge in [0.05, 0.1) is 0 Å². The SMILES string of the molecule is CC(C#CC=O)O[Si](C)(C)C. The van der Waals surface area contributed by atoms with Gasteiger partial charge in [-0.1, -0.05) is 5.92 Å². The van der Waals surface area contributed by atoms with Gasteiger partial charge in [-0.25, -0.2) is 0 Å². The van der Waals surface area contributed by atoms with Crippen LogP contribution in [0.15, 0.2) is 0 Å². The Morgan fingerprint density at radius 1 is 1.45 bits per heavy atom. The summed E-state index contributed by atoms with van der Waals surface area (Å²) in [4.78, 5) is 9.86. The van der Waals surface area contributed by atoms with Crippen LogP contribution in [0.5, 0.6) is 0 Å². The normalized spacial score (nSPS) is 13.1. The van der Waals surface area contributed by atoms with Crippen LogP contribution in [-0.2, 0) is 9.22 Å². The van der Waals surface area contributed by atoms with Crippen molar-refractivity contribution in [2.45, 2.75) is 32.7 Å². The number of carbonyl (C=O) groups excluding carboxylic acids is 1. The second-order valence-electron chi connectivity index (χ2n) is 3.28. The Balaban J connectivity index is 3.88. The molecular weight excluding hydrogens is 156 g/mol. The Bertz CT molecular complexity index is 182. The third-order valence-electron chi connectivity index (χ3n) is 0.876. The zero-order valence-corrected chi connectivity index (χ0v) is 8.47. The fraction of sp³-hybridized carbons (Fsp3) is 0.625. The molecule has 0 saturated heterocycles. The largest absolute Gasteiger partial charge is 0.404 e. The molecule has 0 aromatic carbocycles. The summed E-state index contributed by atoms with van der Waals surface area (Å²) >= 11 is 0. The highest BCUT2D eigenvalue weighted by Crippen LogP contribution is 2.05. The maximum atomic E-state index is 9.86. The minimum Gasteiger partial charge on any atom is -0.404 e. The van der Waals surface area contributed by atoms with Crippen LogP contribution >= 0.6 is 0 Å². The van der Waals surface area contributed by atoms with Crippen molar-refractivity contribution in [3.05, 3.63) is 0 Å².